The van der Waals surface area contributed by atoms with E-state index in [2.05, 4.69) is 166 Å². The molecule has 2 unspecified atom stereocenters. The van der Waals surface area contributed by atoms with Crippen LogP contribution in [0, 0.1) is 0 Å². The van der Waals surface area contributed by atoms with E-state index in [0.29, 0.717) is 7.25 Å². The average Bonchev–Trinajstić information content (AvgIpc) is 3.48. The summed E-state index contributed by atoms with van der Waals surface area (Å²) < 4.78 is 1.29. The summed E-state index contributed by atoms with van der Waals surface area (Å²) in [6.07, 6.45) is 5.16. The fourth-order valence-electron chi connectivity index (χ4n) is 8.04. The average molecular weight is 744 g/mol. The first-order valence-corrected chi connectivity index (χ1v) is 26.5. The van der Waals surface area contributed by atoms with E-state index in [0.717, 1.165) is 0 Å². The molecule has 2 aliphatic carbocycles. The molecule has 0 amide bonds. The van der Waals surface area contributed by atoms with Crippen LogP contribution in [0.5, 0.6) is 0 Å². The SMILES string of the molecule is CC1=Cc2c(-c3ccccc3C(C)(C)C)cccc2[CH]1[Zr+2]([CH]1C(C)=Cc2c(-c3ccccc3C(C)(C)C)cccc21)[SiH](C)C.[Cl-].[Cl-]. The van der Waals surface area contributed by atoms with Crippen molar-refractivity contribution in [2.24, 2.45) is 0 Å². The Balaban J connectivity index is 0.00000240. The minimum Gasteiger partial charge on any atom is -1.00 e. The third-order valence-corrected chi connectivity index (χ3v) is 32.1. The molecule has 0 aliphatic heterocycles. The predicted octanol–water partition coefficient (Wildman–Crippen LogP) is 5.84. The number of halogens is 2. The molecule has 0 spiro atoms. The van der Waals surface area contributed by atoms with Gasteiger partial charge < -0.3 is 24.8 Å². The third kappa shape index (κ3) is 6.54. The molecule has 0 saturated carbocycles. The minimum absolute atomic E-state index is 0. The van der Waals surface area contributed by atoms with Crippen LogP contribution in [0.1, 0.15) is 96.0 Å². The molecule has 0 aromatic heterocycles. The van der Waals surface area contributed by atoms with Crippen LogP contribution in [0.25, 0.3) is 34.4 Å². The van der Waals surface area contributed by atoms with Crippen LogP contribution in [-0.4, -0.2) is 5.92 Å². The van der Waals surface area contributed by atoms with Gasteiger partial charge in [-0.2, -0.15) is 0 Å². The van der Waals surface area contributed by atoms with Gasteiger partial charge in [-0.25, -0.2) is 0 Å². The van der Waals surface area contributed by atoms with Gasteiger partial charge in [0.2, 0.25) is 0 Å². The van der Waals surface area contributed by atoms with Gasteiger partial charge in [-0.3, -0.25) is 0 Å². The monoisotopic (exact) mass is 741 g/mol. The topological polar surface area (TPSA) is 0 Å². The Morgan fingerprint density at radius 2 is 0.848 bits per heavy atom. The van der Waals surface area contributed by atoms with Crippen LogP contribution in [0.15, 0.2) is 96.1 Å². The third-order valence-electron chi connectivity index (χ3n) is 9.94. The molecule has 0 bridgehead atoms. The van der Waals surface area contributed by atoms with Crippen LogP contribution in [0.3, 0.4) is 0 Å². The van der Waals surface area contributed by atoms with Crippen molar-refractivity contribution in [3.8, 4) is 22.3 Å². The van der Waals surface area contributed by atoms with E-state index < -0.39 is 26.8 Å². The van der Waals surface area contributed by atoms with Crippen LogP contribution in [-0.2, 0) is 31.7 Å². The fourth-order valence-corrected chi connectivity index (χ4v) is 31.3. The van der Waals surface area contributed by atoms with Gasteiger partial charge in [0.25, 0.3) is 0 Å². The van der Waals surface area contributed by atoms with Crippen molar-refractivity contribution in [1.29, 1.82) is 0 Å². The summed E-state index contributed by atoms with van der Waals surface area (Å²) in [6, 6.07) is 32.6. The van der Waals surface area contributed by atoms with Crippen molar-refractivity contribution in [3.05, 3.63) is 129 Å². The fraction of sp³-hybridized carbons (Fsp3) is 0.333. The van der Waals surface area contributed by atoms with E-state index in [-0.39, 0.29) is 35.6 Å². The van der Waals surface area contributed by atoms with Gasteiger partial charge in [-0.1, -0.05) is 0 Å². The molecule has 4 heteroatoms. The first-order valence-electron chi connectivity index (χ1n) is 16.5. The molecule has 0 N–H and O–H groups in total. The van der Waals surface area contributed by atoms with Crippen LogP contribution < -0.4 is 24.8 Å². The van der Waals surface area contributed by atoms with Gasteiger partial charge in [0.15, 0.2) is 0 Å². The maximum absolute atomic E-state index is 2.67. The molecule has 239 valence electrons. The molecule has 0 nitrogen and oxygen atoms in total. The number of allylic oxidation sites excluding steroid dienone is 2. The molecular formula is C42H49Cl2SiZr. The number of benzene rings is 4. The second kappa shape index (κ2) is 13.9. The summed E-state index contributed by atoms with van der Waals surface area (Å²) in [5.41, 5.74) is 18.2. The van der Waals surface area contributed by atoms with Crippen molar-refractivity contribution in [1.82, 2.24) is 0 Å². The van der Waals surface area contributed by atoms with Gasteiger partial charge in [-0.15, -0.1) is 0 Å². The zero-order chi connectivity index (χ0) is 31.6. The van der Waals surface area contributed by atoms with Crippen LogP contribution >= 0.6 is 0 Å². The van der Waals surface area contributed by atoms with E-state index in [1.807, 2.05) is 0 Å². The summed E-state index contributed by atoms with van der Waals surface area (Å²) >= 11 is -2.12. The van der Waals surface area contributed by atoms with Crippen molar-refractivity contribution < 1.29 is 45.7 Å². The Morgan fingerprint density at radius 1 is 0.500 bits per heavy atom. The Morgan fingerprint density at radius 3 is 1.20 bits per heavy atom. The molecule has 46 heavy (non-hydrogen) atoms. The minimum atomic E-state index is -2.12. The second-order valence-corrected chi connectivity index (χ2v) is 35.6. The van der Waals surface area contributed by atoms with Crippen molar-refractivity contribution >= 4 is 18.1 Å². The first-order chi connectivity index (χ1) is 20.8. The molecule has 0 saturated heterocycles. The van der Waals surface area contributed by atoms with Crippen LogP contribution in [0.4, 0.5) is 0 Å². The van der Waals surface area contributed by atoms with Gasteiger partial charge in [0.05, 0.1) is 0 Å². The van der Waals surface area contributed by atoms with E-state index in [4.69, 9.17) is 0 Å². The quantitative estimate of drug-likeness (QED) is 0.226. The van der Waals surface area contributed by atoms with Crippen molar-refractivity contribution in [2.75, 3.05) is 0 Å². The van der Waals surface area contributed by atoms with Gasteiger partial charge in [0, 0.05) is 0 Å². The maximum Gasteiger partial charge on any atom is -1.00 e. The number of fused-ring (bicyclic) bond motifs is 2. The Bertz CT molecular complexity index is 1670. The molecule has 2 atom stereocenters. The second-order valence-electron chi connectivity index (χ2n) is 15.5. The zero-order valence-corrected chi connectivity index (χ0v) is 34.4. The number of rotatable bonds is 5. The Kier molecular flexibility index (Phi) is 11.1. The van der Waals surface area contributed by atoms with Gasteiger partial charge in [-0.05, 0) is 0 Å². The smallest absolute Gasteiger partial charge is 1.00 e. The molecule has 4 aromatic carbocycles. The van der Waals surface area contributed by atoms with E-state index in [1.165, 1.54) is 44.5 Å². The van der Waals surface area contributed by atoms with Gasteiger partial charge in [0.1, 0.15) is 0 Å². The number of hydrogen-bond acceptors (Lipinski definition) is 0. The summed E-state index contributed by atoms with van der Waals surface area (Å²) in [6.45, 7) is 24.3. The van der Waals surface area contributed by atoms with E-state index in [9.17, 15) is 0 Å². The molecule has 6 rings (SSSR count). The normalized spacial score (nSPS) is 17.0. The van der Waals surface area contributed by atoms with E-state index >= 15 is 0 Å². The van der Waals surface area contributed by atoms with Gasteiger partial charge >= 0.3 is 277 Å². The predicted molar refractivity (Wildman–Crippen MR) is 193 cm³/mol. The molecular weight excluding hydrogens is 695 g/mol. The summed E-state index contributed by atoms with van der Waals surface area (Å²) in [7, 11) is 0. The Labute approximate surface area is 299 Å². The Hall–Kier alpha value is -1.96. The maximum atomic E-state index is 2.67. The molecule has 4 aromatic rings. The first kappa shape index (κ1) is 36.9. The molecule has 2 aliphatic rings. The van der Waals surface area contributed by atoms with Crippen molar-refractivity contribution in [2.45, 2.75) is 86.6 Å². The largest absolute Gasteiger partial charge is 1.00 e. The summed E-state index contributed by atoms with van der Waals surface area (Å²) in [4.78, 5) is 0. The molecule has 0 heterocycles. The van der Waals surface area contributed by atoms with E-state index in [1.54, 1.807) is 22.3 Å². The molecule has 0 fully saturated rings. The van der Waals surface area contributed by atoms with Crippen molar-refractivity contribution in [3.63, 3.8) is 0 Å². The zero-order valence-electron chi connectivity index (χ0n) is 29.2. The number of hydrogen-bond donors (Lipinski definition) is 0. The summed E-state index contributed by atoms with van der Waals surface area (Å²) in [5.74, 6) is -0.925. The van der Waals surface area contributed by atoms with Crippen LogP contribution in [0.2, 0.25) is 13.1 Å². The standard InChI is InChI=1S/2C20H21.C2H7Si.2ClH.Zr/c2*1-14-12-15-8-7-10-16(18(15)13-14)17-9-5-6-11-19(17)20(2,3)4;1-3-2;;;/h2*5-13H,1-4H3;3H,1-2H3;2*1H;/q;;;;;+2/p-2. The molecule has 0 radical (unpaired) electrons. The summed E-state index contributed by atoms with van der Waals surface area (Å²) in [5, 5.41) is 0.